The topological polar surface area (TPSA) is 66.9 Å². The molecule has 6 nitrogen and oxygen atoms in total. The Bertz CT molecular complexity index is 913. The second-order valence-electron chi connectivity index (χ2n) is 7.91. The van der Waals surface area contributed by atoms with E-state index in [2.05, 4.69) is 6.92 Å². The number of carbonyl (C=O) groups is 3. The van der Waals surface area contributed by atoms with Crippen LogP contribution >= 0.6 is 0 Å². The predicted octanol–water partition coefficient (Wildman–Crippen LogP) is 3.91. The van der Waals surface area contributed by atoms with Crippen molar-refractivity contribution in [3.05, 3.63) is 71.3 Å². The number of hydrogen-bond donors (Lipinski definition) is 0. The van der Waals surface area contributed by atoms with Crippen LogP contribution in [0.4, 0.5) is 0 Å². The SMILES string of the molecule is CC[C@H]1CCCCN1C(=O)COC(=O)c1ccccc1C(=O)N(C)Cc1ccccc1. The summed E-state index contributed by atoms with van der Waals surface area (Å²) in [4.78, 5) is 41.7. The largest absolute Gasteiger partial charge is 0.452 e. The lowest BCUT2D eigenvalue weighted by Crippen LogP contribution is -2.45. The first-order chi connectivity index (χ1) is 15.0. The summed E-state index contributed by atoms with van der Waals surface area (Å²) >= 11 is 0. The minimum absolute atomic E-state index is 0.172. The number of piperidine rings is 1. The van der Waals surface area contributed by atoms with Gasteiger partial charge in [0.1, 0.15) is 0 Å². The van der Waals surface area contributed by atoms with E-state index >= 15 is 0 Å². The molecule has 0 bridgehead atoms. The van der Waals surface area contributed by atoms with Crippen molar-refractivity contribution in [1.82, 2.24) is 9.80 Å². The Morgan fingerprint density at radius 3 is 2.39 bits per heavy atom. The third-order valence-corrected chi connectivity index (χ3v) is 5.73. The maximum Gasteiger partial charge on any atom is 0.339 e. The monoisotopic (exact) mass is 422 g/mol. The van der Waals surface area contributed by atoms with Crippen molar-refractivity contribution >= 4 is 17.8 Å². The van der Waals surface area contributed by atoms with Gasteiger partial charge in [-0.1, -0.05) is 49.4 Å². The summed E-state index contributed by atoms with van der Waals surface area (Å²) in [6.45, 7) is 2.89. The highest BCUT2D eigenvalue weighted by Gasteiger charge is 2.27. The second kappa shape index (κ2) is 10.8. The van der Waals surface area contributed by atoms with E-state index in [9.17, 15) is 14.4 Å². The summed E-state index contributed by atoms with van der Waals surface area (Å²) in [5, 5.41) is 0. The van der Waals surface area contributed by atoms with Gasteiger partial charge in [0.25, 0.3) is 11.8 Å². The molecule has 0 radical (unpaired) electrons. The fourth-order valence-corrected chi connectivity index (χ4v) is 4.02. The van der Waals surface area contributed by atoms with Crippen molar-refractivity contribution in [1.29, 1.82) is 0 Å². The number of carbonyl (C=O) groups excluding carboxylic acids is 3. The third-order valence-electron chi connectivity index (χ3n) is 5.73. The van der Waals surface area contributed by atoms with Gasteiger partial charge >= 0.3 is 5.97 Å². The lowest BCUT2D eigenvalue weighted by atomic mass is 10.00. The molecule has 0 saturated carbocycles. The van der Waals surface area contributed by atoms with Gasteiger partial charge in [-0.25, -0.2) is 4.79 Å². The number of amides is 2. The number of rotatable bonds is 7. The highest BCUT2D eigenvalue weighted by Crippen LogP contribution is 2.20. The molecular weight excluding hydrogens is 392 g/mol. The summed E-state index contributed by atoms with van der Waals surface area (Å²) in [6.07, 6.45) is 3.97. The first kappa shape index (κ1) is 22.5. The van der Waals surface area contributed by atoms with Crippen molar-refractivity contribution in [2.45, 2.75) is 45.2 Å². The molecule has 1 fully saturated rings. The number of benzene rings is 2. The van der Waals surface area contributed by atoms with Gasteiger partial charge < -0.3 is 14.5 Å². The summed E-state index contributed by atoms with van der Waals surface area (Å²) in [5.41, 5.74) is 1.43. The molecule has 2 aromatic carbocycles. The maximum atomic E-state index is 13.0. The van der Waals surface area contributed by atoms with Crippen LogP contribution < -0.4 is 0 Å². The van der Waals surface area contributed by atoms with Crippen LogP contribution in [0.3, 0.4) is 0 Å². The number of likely N-dealkylation sites (tertiary alicyclic amines) is 1. The zero-order valence-corrected chi connectivity index (χ0v) is 18.3. The van der Waals surface area contributed by atoms with Crippen LogP contribution in [0.2, 0.25) is 0 Å². The maximum absolute atomic E-state index is 13.0. The van der Waals surface area contributed by atoms with E-state index in [1.807, 2.05) is 35.2 Å². The highest BCUT2D eigenvalue weighted by atomic mass is 16.5. The molecule has 1 aliphatic heterocycles. The van der Waals surface area contributed by atoms with E-state index in [0.29, 0.717) is 13.1 Å². The molecule has 2 amide bonds. The van der Waals surface area contributed by atoms with Gasteiger partial charge in [0.2, 0.25) is 0 Å². The Hall–Kier alpha value is -3.15. The number of esters is 1. The Morgan fingerprint density at radius 2 is 1.68 bits per heavy atom. The highest BCUT2D eigenvalue weighted by molar-refractivity contribution is 6.05. The van der Waals surface area contributed by atoms with Crippen LogP contribution in [0.25, 0.3) is 0 Å². The molecule has 164 valence electrons. The van der Waals surface area contributed by atoms with Crippen molar-refractivity contribution in [3.8, 4) is 0 Å². The van der Waals surface area contributed by atoms with Gasteiger partial charge in [-0.05, 0) is 43.4 Å². The van der Waals surface area contributed by atoms with Crippen molar-refractivity contribution in [3.63, 3.8) is 0 Å². The molecule has 0 aliphatic carbocycles. The van der Waals surface area contributed by atoms with Gasteiger partial charge in [-0.15, -0.1) is 0 Å². The first-order valence-corrected chi connectivity index (χ1v) is 10.9. The molecular formula is C25H30N2O4. The minimum Gasteiger partial charge on any atom is -0.452 e. The quantitative estimate of drug-likeness (QED) is 0.635. The molecule has 0 unspecified atom stereocenters. The Labute approximate surface area is 183 Å². The summed E-state index contributed by atoms with van der Waals surface area (Å²) in [5.74, 6) is -1.11. The van der Waals surface area contributed by atoms with Gasteiger partial charge in [-0.2, -0.15) is 0 Å². The molecule has 1 saturated heterocycles. The van der Waals surface area contributed by atoms with Gasteiger partial charge in [0.05, 0.1) is 11.1 Å². The average Bonchev–Trinajstić information content (AvgIpc) is 2.82. The molecule has 1 aliphatic rings. The fourth-order valence-electron chi connectivity index (χ4n) is 4.02. The van der Waals surface area contributed by atoms with E-state index in [-0.39, 0.29) is 35.6 Å². The predicted molar refractivity (Wildman–Crippen MR) is 119 cm³/mol. The van der Waals surface area contributed by atoms with Crippen molar-refractivity contribution < 1.29 is 19.1 Å². The smallest absolute Gasteiger partial charge is 0.339 e. The molecule has 31 heavy (non-hydrogen) atoms. The van der Waals surface area contributed by atoms with Gasteiger partial charge in [-0.3, -0.25) is 9.59 Å². The Balaban J connectivity index is 1.65. The lowest BCUT2D eigenvalue weighted by molar-refractivity contribution is -0.138. The molecule has 0 aromatic heterocycles. The molecule has 3 rings (SSSR count). The standard InChI is InChI=1S/C25H30N2O4/c1-3-20-13-9-10-16-27(20)23(28)18-31-25(30)22-15-8-7-14-21(22)24(29)26(2)17-19-11-5-4-6-12-19/h4-8,11-12,14-15,20H,3,9-10,13,16-18H2,1-2H3/t20-/m0/s1. The van der Waals surface area contributed by atoms with Crippen LogP contribution in [0.15, 0.2) is 54.6 Å². The van der Waals surface area contributed by atoms with E-state index in [1.165, 1.54) is 0 Å². The van der Waals surface area contributed by atoms with Crippen LogP contribution in [0, 0.1) is 0 Å². The average molecular weight is 423 g/mol. The molecule has 1 heterocycles. The fraction of sp³-hybridized carbons (Fsp3) is 0.400. The van der Waals surface area contributed by atoms with Crippen LogP contribution in [-0.4, -0.2) is 53.8 Å². The van der Waals surface area contributed by atoms with Gasteiger partial charge in [0, 0.05) is 26.2 Å². The molecule has 2 aromatic rings. The van der Waals surface area contributed by atoms with Crippen LogP contribution in [-0.2, 0) is 16.1 Å². The molecule has 1 atom stereocenters. The molecule has 0 spiro atoms. The van der Waals surface area contributed by atoms with Crippen LogP contribution in [0.1, 0.15) is 58.9 Å². The van der Waals surface area contributed by atoms with Gasteiger partial charge in [0.15, 0.2) is 6.61 Å². The van der Waals surface area contributed by atoms with E-state index in [1.54, 1.807) is 36.2 Å². The normalized spacial score (nSPS) is 15.9. The number of hydrogen-bond acceptors (Lipinski definition) is 4. The molecule has 0 N–H and O–H groups in total. The zero-order valence-electron chi connectivity index (χ0n) is 18.3. The summed E-state index contributed by atoms with van der Waals surface area (Å²) in [7, 11) is 1.70. The first-order valence-electron chi connectivity index (χ1n) is 10.9. The summed E-state index contributed by atoms with van der Waals surface area (Å²) < 4.78 is 5.32. The zero-order chi connectivity index (χ0) is 22.2. The lowest BCUT2D eigenvalue weighted by Gasteiger charge is -2.35. The van der Waals surface area contributed by atoms with E-state index in [0.717, 1.165) is 31.2 Å². The van der Waals surface area contributed by atoms with E-state index < -0.39 is 5.97 Å². The van der Waals surface area contributed by atoms with Crippen molar-refractivity contribution in [2.24, 2.45) is 0 Å². The summed E-state index contributed by atoms with van der Waals surface area (Å²) in [6, 6.07) is 16.4. The number of nitrogens with zero attached hydrogens (tertiary/aromatic N) is 2. The Morgan fingerprint density at radius 1 is 1.00 bits per heavy atom. The van der Waals surface area contributed by atoms with Crippen molar-refractivity contribution in [2.75, 3.05) is 20.2 Å². The Kier molecular flexibility index (Phi) is 7.82. The molecule has 6 heteroatoms. The number of ether oxygens (including phenoxy) is 1. The third kappa shape index (κ3) is 5.72. The second-order valence-corrected chi connectivity index (χ2v) is 7.91. The van der Waals surface area contributed by atoms with E-state index in [4.69, 9.17) is 4.74 Å². The van der Waals surface area contributed by atoms with Crippen LogP contribution in [0.5, 0.6) is 0 Å². The minimum atomic E-state index is -0.657.